The molecule has 1 aliphatic heterocycles. The van der Waals surface area contributed by atoms with Gasteiger partial charge in [0, 0.05) is 12.5 Å². The third-order valence-electron chi connectivity index (χ3n) is 4.20. The summed E-state index contributed by atoms with van der Waals surface area (Å²) >= 11 is 0. The lowest BCUT2D eigenvalue weighted by atomic mass is 9.91. The van der Waals surface area contributed by atoms with Crippen molar-refractivity contribution in [1.29, 1.82) is 0 Å². The maximum atomic E-state index is 12.8. The summed E-state index contributed by atoms with van der Waals surface area (Å²) in [6.07, 6.45) is 2.83. The van der Waals surface area contributed by atoms with Gasteiger partial charge in [-0.3, -0.25) is 9.69 Å². The molecule has 1 aromatic carbocycles. The molecule has 1 saturated heterocycles. The first-order valence-electron chi connectivity index (χ1n) is 7.06. The quantitative estimate of drug-likeness (QED) is 0.832. The molecule has 0 saturated carbocycles. The molecule has 3 heteroatoms. The van der Waals surface area contributed by atoms with Crippen LogP contribution in [0.4, 0.5) is 4.39 Å². The predicted octanol–water partition coefficient (Wildman–Crippen LogP) is 3.06. The van der Waals surface area contributed by atoms with Crippen LogP contribution < -0.4 is 0 Å². The lowest BCUT2D eigenvalue weighted by molar-refractivity contribution is -0.120. The lowest BCUT2D eigenvalue weighted by Crippen LogP contribution is -2.45. The number of benzene rings is 1. The molecule has 2 atom stereocenters. The standard InChI is InChI=1S/C16H22FNO/c1-12-4-3-9-18(13(12)2)11-16(19)10-14-5-7-15(17)8-6-14/h5-8,12-13H,3-4,9-11H2,1-2H3. The van der Waals surface area contributed by atoms with Gasteiger partial charge in [-0.25, -0.2) is 4.39 Å². The van der Waals surface area contributed by atoms with Gasteiger partial charge in [-0.05, 0) is 49.9 Å². The molecular weight excluding hydrogens is 241 g/mol. The second kappa shape index (κ2) is 6.29. The van der Waals surface area contributed by atoms with Crippen molar-refractivity contribution in [3.8, 4) is 0 Å². The molecule has 0 aromatic heterocycles. The zero-order chi connectivity index (χ0) is 13.8. The highest BCUT2D eigenvalue weighted by Gasteiger charge is 2.25. The molecule has 0 amide bonds. The molecule has 0 N–H and O–H groups in total. The van der Waals surface area contributed by atoms with Crippen molar-refractivity contribution in [2.75, 3.05) is 13.1 Å². The van der Waals surface area contributed by atoms with E-state index in [0.717, 1.165) is 12.1 Å². The normalized spacial score (nSPS) is 24.4. The summed E-state index contributed by atoms with van der Waals surface area (Å²) in [6, 6.07) is 6.68. The number of ketones is 1. The SMILES string of the molecule is CC1CCCN(CC(=O)Cc2ccc(F)cc2)C1C. The number of hydrogen-bond donors (Lipinski definition) is 0. The van der Waals surface area contributed by atoms with Crippen LogP contribution in [0, 0.1) is 11.7 Å². The molecular formula is C16H22FNO. The van der Waals surface area contributed by atoms with E-state index in [0.29, 0.717) is 24.9 Å². The summed E-state index contributed by atoms with van der Waals surface area (Å²) in [4.78, 5) is 14.4. The molecule has 2 rings (SSSR count). The first-order chi connectivity index (χ1) is 9.06. The number of nitrogens with zero attached hydrogens (tertiary/aromatic N) is 1. The summed E-state index contributed by atoms with van der Waals surface area (Å²) in [5, 5.41) is 0. The van der Waals surface area contributed by atoms with Gasteiger partial charge in [-0.1, -0.05) is 19.1 Å². The molecule has 1 fully saturated rings. The van der Waals surface area contributed by atoms with Gasteiger partial charge in [0.1, 0.15) is 5.82 Å². The highest BCUT2D eigenvalue weighted by molar-refractivity contribution is 5.82. The highest BCUT2D eigenvalue weighted by atomic mass is 19.1. The molecule has 19 heavy (non-hydrogen) atoms. The Bertz CT molecular complexity index is 429. The third-order valence-corrected chi connectivity index (χ3v) is 4.20. The fraction of sp³-hybridized carbons (Fsp3) is 0.562. The molecule has 0 aliphatic carbocycles. The monoisotopic (exact) mass is 263 g/mol. The highest BCUT2D eigenvalue weighted by Crippen LogP contribution is 2.22. The topological polar surface area (TPSA) is 20.3 Å². The van der Waals surface area contributed by atoms with Crippen molar-refractivity contribution in [3.63, 3.8) is 0 Å². The molecule has 1 heterocycles. The lowest BCUT2D eigenvalue weighted by Gasteiger charge is -2.37. The van der Waals surface area contributed by atoms with Crippen LogP contribution in [-0.2, 0) is 11.2 Å². The average Bonchev–Trinajstić information content (AvgIpc) is 2.38. The maximum absolute atomic E-state index is 12.8. The second-order valence-electron chi connectivity index (χ2n) is 5.67. The first-order valence-corrected chi connectivity index (χ1v) is 7.06. The van der Waals surface area contributed by atoms with E-state index >= 15 is 0 Å². The Hall–Kier alpha value is -1.22. The van der Waals surface area contributed by atoms with Gasteiger partial charge in [0.2, 0.25) is 0 Å². The summed E-state index contributed by atoms with van der Waals surface area (Å²) in [5.41, 5.74) is 0.893. The third kappa shape index (κ3) is 3.87. The molecule has 0 spiro atoms. The zero-order valence-corrected chi connectivity index (χ0v) is 11.7. The minimum absolute atomic E-state index is 0.215. The van der Waals surface area contributed by atoms with Crippen LogP contribution in [0.5, 0.6) is 0 Å². The summed E-state index contributed by atoms with van der Waals surface area (Å²) < 4.78 is 12.8. The molecule has 2 unspecified atom stereocenters. The molecule has 104 valence electrons. The van der Waals surface area contributed by atoms with E-state index in [2.05, 4.69) is 18.7 Å². The van der Waals surface area contributed by atoms with E-state index < -0.39 is 0 Å². The van der Waals surface area contributed by atoms with E-state index in [1.54, 1.807) is 12.1 Å². The second-order valence-corrected chi connectivity index (χ2v) is 5.67. The van der Waals surface area contributed by atoms with Crippen LogP contribution in [-0.4, -0.2) is 29.8 Å². The van der Waals surface area contributed by atoms with Crippen LogP contribution in [0.1, 0.15) is 32.3 Å². The van der Waals surface area contributed by atoms with Crippen molar-refractivity contribution in [2.24, 2.45) is 5.92 Å². The Morgan fingerprint density at radius 1 is 1.32 bits per heavy atom. The van der Waals surface area contributed by atoms with Crippen LogP contribution in [0.3, 0.4) is 0 Å². The van der Waals surface area contributed by atoms with Gasteiger partial charge in [0.05, 0.1) is 6.54 Å². The number of carbonyl (C=O) groups excluding carboxylic acids is 1. The Balaban J connectivity index is 1.88. The van der Waals surface area contributed by atoms with Gasteiger partial charge in [-0.2, -0.15) is 0 Å². The Morgan fingerprint density at radius 3 is 2.68 bits per heavy atom. The van der Waals surface area contributed by atoms with Gasteiger partial charge < -0.3 is 0 Å². The van der Waals surface area contributed by atoms with Crippen molar-refractivity contribution < 1.29 is 9.18 Å². The maximum Gasteiger partial charge on any atom is 0.151 e. The summed E-state index contributed by atoms with van der Waals surface area (Å²) in [6.45, 7) is 5.99. The van der Waals surface area contributed by atoms with Gasteiger partial charge >= 0.3 is 0 Å². The van der Waals surface area contributed by atoms with E-state index in [1.165, 1.54) is 25.0 Å². The number of rotatable bonds is 4. The smallest absolute Gasteiger partial charge is 0.151 e. The van der Waals surface area contributed by atoms with Gasteiger partial charge in [0.25, 0.3) is 0 Å². The molecule has 0 radical (unpaired) electrons. The largest absolute Gasteiger partial charge is 0.298 e. The van der Waals surface area contributed by atoms with Crippen molar-refractivity contribution in [1.82, 2.24) is 4.90 Å². The number of halogens is 1. The average molecular weight is 263 g/mol. The van der Waals surface area contributed by atoms with E-state index in [9.17, 15) is 9.18 Å². The van der Waals surface area contributed by atoms with Gasteiger partial charge in [0.15, 0.2) is 5.78 Å². The van der Waals surface area contributed by atoms with Crippen LogP contribution in [0.25, 0.3) is 0 Å². The number of carbonyl (C=O) groups is 1. The van der Waals surface area contributed by atoms with Crippen molar-refractivity contribution in [3.05, 3.63) is 35.6 Å². The minimum Gasteiger partial charge on any atom is -0.298 e. The fourth-order valence-corrected chi connectivity index (χ4v) is 2.76. The molecule has 2 nitrogen and oxygen atoms in total. The summed E-state index contributed by atoms with van der Waals surface area (Å²) in [7, 11) is 0. The van der Waals surface area contributed by atoms with E-state index in [4.69, 9.17) is 0 Å². The Labute approximate surface area is 114 Å². The first kappa shape index (κ1) is 14.2. The molecule has 0 bridgehead atoms. The predicted molar refractivity (Wildman–Crippen MR) is 74.5 cm³/mol. The number of Topliss-reactive ketones (excluding diaryl/α,β-unsaturated/α-hetero) is 1. The molecule has 1 aromatic rings. The Morgan fingerprint density at radius 2 is 2.00 bits per heavy atom. The zero-order valence-electron chi connectivity index (χ0n) is 11.7. The number of hydrogen-bond acceptors (Lipinski definition) is 2. The number of piperidine rings is 1. The van der Waals surface area contributed by atoms with Crippen LogP contribution in [0.15, 0.2) is 24.3 Å². The van der Waals surface area contributed by atoms with Crippen molar-refractivity contribution in [2.45, 2.75) is 39.2 Å². The number of likely N-dealkylation sites (tertiary alicyclic amines) is 1. The Kier molecular flexibility index (Phi) is 4.70. The van der Waals surface area contributed by atoms with Gasteiger partial charge in [-0.15, -0.1) is 0 Å². The minimum atomic E-state index is -0.255. The van der Waals surface area contributed by atoms with E-state index in [-0.39, 0.29) is 11.6 Å². The summed E-state index contributed by atoms with van der Waals surface area (Å²) in [5.74, 6) is 0.620. The van der Waals surface area contributed by atoms with Crippen molar-refractivity contribution >= 4 is 5.78 Å². The fourth-order valence-electron chi connectivity index (χ4n) is 2.76. The molecule has 1 aliphatic rings. The van der Waals surface area contributed by atoms with Crippen LogP contribution >= 0.6 is 0 Å². The van der Waals surface area contributed by atoms with E-state index in [1.807, 2.05) is 0 Å². The van der Waals surface area contributed by atoms with Crippen LogP contribution in [0.2, 0.25) is 0 Å².